The fraction of sp³-hybridized carbons (Fsp3) is 0.667. The van der Waals surface area contributed by atoms with Gasteiger partial charge < -0.3 is 19.6 Å². The van der Waals surface area contributed by atoms with Crippen molar-refractivity contribution in [3.05, 3.63) is 11.4 Å². The van der Waals surface area contributed by atoms with E-state index in [4.69, 9.17) is 20.1 Å². The second-order valence-electron chi connectivity index (χ2n) is 3.87. The summed E-state index contributed by atoms with van der Waals surface area (Å²) < 4.78 is 15.8. The van der Waals surface area contributed by atoms with Gasteiger partial charge in [0.15, 0.2) is 0 Å². The molecule has 0 aliphatic heterocycles. The van der Waals surface area contributed by atoms with E-state index in [1.165, 1.54) is 0 Å². The van der Waals surface area contributed by atoms with E-state index in [0.29, 0.717) is 43.9 Å². The van der Waals surface area contributed by atoms with Crippen molar-refractivity contribution in [1.82, 2.24) is 9.97 Å². The molecule has 0 saturated heterocycles. The Morgan fingerprint density at radius 3 is 2.53 bits per heavy atom. The summed E-state index contributed by atoms with van der Waals surface area (Å²) >= 11 is 0. The molecule has 1 aromatic rings. The molecule has 19 heavy (non-hydrogen) atoms. The Kier molecular flexibility index (Phi) is 7.09. The molecular weight excluding hydrogens is 248 g/mol. The van der Waals surface area contributed by atoms with Gasteiger partial charge in [0.25, 0.3) is 0 Å². The summed E-state index contributed by atoms with van der Waals surface area (Å²) in [6.45, 7) is 5.87. The highest BCUT2D eigenvalue weighted by molar-refractivity contribution is 5.47. The maximum absolute atomic E-state index is 5.59. The minimum absolute atomic E-state index is 0.425. The van der Waals surface area contributed by atoms with E-state index in [1.54, 1.807) is 7.11 Å². The maximum atomic E-state index is 5.59. The Hall–Kier alpha value is -1.44. The third-order valence-electron chi connectivity index (χ3n) is 2.50. The Balaban J connectivity index is 2.52. The molecule has 7 nitrogen and oxygen atoms in total. The van der Waals surface area contributed by atoms with Crippen molar-refractivity contribution in [2.45, 2.75) is 20.3 Å². The number of nitrogen functional groups attached to an aromatic ring is 1. The van der Waals surface area contributed by atoms with E-state index in [2.05, 4.69) is 15.4 Å². The van der Waals surface area contributed by atoms with E-state index >= 15 is 0 Å². The molecule has 0 aliphatic rings. The number of hydrogen-bond acceptors (Lipinski definition) is 7. The molecule has 1 heterocycles. The van der Waals surface area contributed by atoms with Gasteiger partial charge in [0.05, 0.1) is 25.4 Å². The van der Waals surface area contributed by atoms with Crippen LogP contribution in [0.4, 0.5) is 5.82 Å². The van der Waals surface area contributed by atoms with Crippen LogP contribution in [0, 0.1) is 6.92 Å². The average molecular weight is 270 g/mol. The molecule has 0 aliphatic carbocycles. The van der Waals surface area contributed by atoms with Crippen molar-refractivity contribution in [2.75, 3.05) is 39.0 Å². The first-order valence-electron chi connectivity index (χ1n) is 6.26. The average Bonchev–Trinajstić information content (AvgIpc) is 2.44. The summed E-state index contributed by atoms with van der Waals surface area (Å²) in [5.74, 6) is 7.23. The number of hydrogen-bond donors (Lipinski definition) is 2. The van der Waals surface area contributed by atoms with Crippen molar-refractivity contribution >= 4 is 5.82 Å². The van der Waals surface area contributed by atoms with Gasteiger partial charge in [-0.25, -0.2) is 10.8 Å². The fourth-order valence-corrected chi connectivity index (χ4v) is 1.42. The molecule has 3 N–H and O–H groups in total. The van der Waals surface area contributed by atoms with Crippen LogP contribution in [-0.4, -0.2) is 43.5 Å². The molecule has 0 atom stereocenters. The standard InChI is InChI=1S/C12H22N4O3/c1-4-10-14-11(16-13)9(2)12(15-10)19-8-7-18-6-5-17-3/h4-8,13H2,1-3H3,(H,14,15,16). The summed E-state index contributed by atoms with van der Waals surface area (Å²) in [6, 6.07) is 0. The van der Waals surface area contributed by atoms with Crippen LogP contribution in [0.5, 0.6) is 5.88 Å². The van der Waals surface area contributed by atoms with Crippen LogP contribution in [0.3, 0.4) is 0 Å². The lowest BCUT2D eigenvalue weighted by molar-refractivity contribution is 0.0535. The number of nitrogens with one attached hydrogen (secondary N) is 1. The molecule has 0 aromatic carbocycles. The summed E-state index contributed by atoms with van der Waals surface area (Å²) in [7, 11) is 1.64. The lowest BCUT2D eigenvalue weighted by atomic mass is 10.3. The Morgan fingerprint density at radius 2 is 1.89 bits per heavy atom. The second kappa shape index (κ2) is 8.63. The lowest BCUT2D eigenvalue weighted by Gasteiger charge is -2.12. The zero-order valence-electron chi connectivity index (χ0n) is 11.7. The number of nitrogens with two attached hydrogens (primary N) is 1. The minimum atomic E-state index is 0.425. The summed E-state index contributed by atoms with van der Waals surface area (Å²) in [6.07, 6.45) is 0.718. The smallest absolute Gasteiger partial charge is 0.221 e. The molecule has 0 spiro atoms. The van der Waals surface area contributed by atoms with Crippen molar-refractivity contribution in [3.63, 3.8) is 0 Å². The number of ether oxygens (including phenoxy) is 3. The van der Waals surface area contributed by atoms with Gasteiger partial charge in [-0.15, -0.1) is 0 Å². The van der Waals surface area contributed by atoms with Crippen LogP contribution in [0.1, 0.15) is 18.3 Å². The first kappa shape index (κ1) is 15.6. The van der Waals surface area contributed by atoms with E-state index < -0.39 is 0 Å². The molecule has 0 saturated carbocycles. The monoisotopic (exact) mass is 270 g/mol. The van der Waals surface area contributed by atoms with Crippen LogP contribution in [-0.2, 0) is 15.9 Å². The number of anilines is 1. The SMILES string of the molecule is CCc1nc(NN)c(C)c(OCCOCCOC)n1. The quantitative estimate of drug-likeness (QED) is 0.387. The molecule has 0 amide bonds. The highest BCUT2D eigenvalue weighted by atomic mass is 16.5. The third-order valence-corrected chi connectivity index (χ3v) is 2.50. The maximum Gasteiger partial charge on any atom is 0.221 e. The van der Waals surface area contributed by atoms with E-state index in [0.717, 1.165) is 12.0 Å². The van der Waals surface area contributed by atoms with Crippen molar-refractivity contribution in [2.24, 2.45) is 5.84 Å². The zero-order valence-corrected chi connectivity index (χ0v) is 11.7. The normalized spacial score (nSPS) is 10.5. The first-order valence-corrected chi connectivity index (χ1v) is 6.26. The van der Waals surface area contributed by atoms with Crippen molar-refractivity contribution in [3.8, 4) is 5.88 Å². The van der Waals surface area contributed by atoms with Gasteiger partial charge >= 0.3 is 0 Å². The van der Waals surface area contributed by atoms with Gasteiger partial charge in [-0.1, -0.05) is 6.92 Å². The number of aryl methyl sites for hydroxylation is 1. The zero-order chi connectivity index (χ0) is 14.1. The van der Waals surface area contributed by atoms with Gasteiger partial charge in [-0.2, -0.15) is 4.98 Å². The summed E-state index contributed by atoms with van der Waals surface area (Å²) in [5.41, 5.74) is 3.34. The fourth-order valence-electron chi connectivity index (χ4n) is 1.42. The number of nitrogens with zero attached hydrogens (tertiary/aromatic N) is 2. The minimum Gasteiger partial charge on any atom is -0.475 e. The molecular formula is C12H22N4O3. The number of aromatic nitrogens is 2. The van der Waals surface area contributed by atoms with Gasteiger partial charge in [-0.05, 0) is 6.92 Å². The van der Waals surface area contributed by atoms with E-state index in [1.807, 2.05) is 13.8 Å². The molecule has 0 unspecified atom stereocenters. The van der Waals surface area contributed by atoms with Crippen molar-refractivity contribution in [1.29, 1.82) is 0 Å². The number of rotatable bonds is 9. The number of methoxy groups -OCH3 is 1. The first-order chi connectivity index (χ1) is 9.22. The van der Waals surface area contributed by atoms with Crippen LogP contribution < -0.4 is 16.0 Å². The highest BCUT2D eigenvalue weighted by Crippen LogP contribution is 2.21. The van der Waals surface area contributed by atoms with Gasteiger partial charge in [0, 0.05) is 13.5 Å². The predicted molar refractivity (Wildman–Crippen MR) is 72.1 cm³/mol. The van der Waals surface area contributed by atoms with Crippen LogP contribution in [0.25, 0.3) is 0 Å². The summed E-state index contributed by atoms with van der Waals surface area (Å²) in [4.78, 5) is 8.59. The van der Waals surface area contributed by atoms with Crippen molar-refractivity contribution < 1.29 is 14.2 Å². The molecule has 108 valence electrons. The molecule has 1 rings (SSSR count). The lowest BCUT2D eigenvalue weighted by Crippen LogP contribution is -2.15. The highest BCUT2D eigenvalue weighted by Gasteiger charge is 2.10. The van der Waals surface area contributed by atoms with E-state index in [9.17, 15) is 0 Å². The topological polar surface area (TPSA) is 91.5 Å². The predicted octanol–water partition coefficient (Wildman–Crippen LogP) is 0.675. The van der Waals surface area contributed by atoms with Gasteiger partial charge in [0.1, 0.15) is 18.2 Å². The van der Waals surface area contributed by atoms with E-state index in [-0.39, 0.29) is 0 Å². The largest absolute Gasteiger partial charge is 0.475 e. The van der Waals surface area contributed by atoms with Crippen LogP contribution >= 0.6 is 0 Å². The third kappa shape index (κ3) is 4.98. The Labute approximate surface area is 113 Å². The second-order valence-corrected chi connectivity index (χ2v) is 3.87. The molecule has 0 fully saturated rings. The van der Waals surface area contributed by atoms with Crippen LogP contribution in [0.2, 0.25) is 0 Å². The molecule has 7 heteroatoms. The molecule has 1 aromatic heterocycles. The Morgan fingerprint density at radius 1 is 1.16 bits per heavy atom. The van der Waals surface area contributed by atoms with Gasteiger partial charge in [0.2, 0.25) is 5.88 Å². The van der Waals surface area contributed by atoms with Gasteiger partial charge in [-0.3, -0.25) is 0 Å². The molecule has 0 bridgehead atoms. The number of hydrazine groups is 1. The Bertz CT molecular complexity index is 387. The molecule has 0 radical (unpaired) electrons. The summed E-state index contributed by atoms with van der Waals surface area (Å²) in [5, 5.41) is 0. The van der Waals surface area contributed by atoms with Crippen LogP contribution in [0.15, 0.2) is 0 Å².